The zero-order chi connectivity index (χ0) is 21.9. The Morgan fingerprint density at radius 1 is 1.03 bits per heavy atom. The lowest BCUT2D eigenvalue weighted by atomic mass is 10.1. The summed E-state index contributed by atoms with van der Waals surface area (Å²) in [7, 11) is 0. The molecule has 3 rings (SSSR count). The summed E-state index contributed by atoms with van der Waals surface area (Å²) in [5, 5.41) is 14.8. The first kappa shape index (κ1) is 21.0. The summed E-state index contributed by atoms with van der Waals surface area (Å²) >= 11 is 0. The van der Waals surface area contributed by atoms with E-state index in [2.05, 4.69) is 25.6 Å². The second-order valence-corrected chi connectivity index (χ2v) is 6.96. The Balaban J connectivity index is 1.78. The first-order valence-corrected chi connectivity index (χ1v) is 8.80. The van der Waals surface area contributed by atoms with Crippen LogP contribution in [0.25, 0.3) is 11.1 Å². The predicted octanol–water partition coefficient (Wildman–Crippen LogP) is 4.58. The summed E-state index contributed by atoms with van der Waals surface area (Å²) in [6.45, 7) is 3.05. The first-order valence-electron chi connectivity index (χ1n) is 8.80. The fourth-order valence-corrected chi connectivity index (χ4v) is 2.49. The molecule has 2 aromatic heterocycles. The van der Waals surface area contributed by atoms with Crippen LogP contribution in [0.15, 0.2) is 54.9 Å². The summed E-state index contributed by atoms with van der Waals surface area (Å²) in [4.78, 5) is 22.7. The molecule has 0 aliphatic carbocycles. The molecule has 3 N–H and O–H groups in total. The largest absolute Gasteiger partial charge is 0.480 e. The van der Waals surface area contributed by atoms with E-state index in [4.69, 9.17) is 0 Å². The maximum absolute atomic E-state index is 12.8. The minimum Gasteiger partial charge on any atom is -0.480 e. The summed E-state index contributed by atoms with van der Waals surface area (Å²) in [5.41, 5.74) is -0.219. The van der Waals surface area contributed by atoms with E-state index in [1.54, 1.807) is 36.5 Å². The molecule has 0 fully saturated rings. The highest BCUT2D eigenvalue weighted by Crippen LogP contribution is 2.29. The van der Waals surface area contributed by atoms with Crippen molar-refractivity contribution in [3.8, 4) is 11.1 Å². The van der Waals surface area contributed by atoms with Gasteiger partial charge in [0.2, 0.25) is 5.95 Å². The number of anilines is 3. The van der Waals surface area contributed by atoms with Gasteiger partial charge in [-0.25, -0.2) is 19.7 Å². The van der Waals surface area contributed by atoms with E-state index in [9.17, 15) is 23.1 Å². The third-order valence-corrected chi connectivity index (χ3v) is 4.14. The lowest BCUT2D eigenvalue weighted by molar-refractivity contribution is -0.141. The number of carbonyl (C=O) groups is 1. The number of aliphatic carboxylic acids is 1. The van der Waals surface area contributed by atoms with Crippen LogP contribution in [0.3, 0.4) is 0 Å². The van der Waals surface area contributed by atoms with E-state index in [0.717, 1.165) is 23.4 Å². The number of hydrogen-bond acceptors (Lipinski definition) is 6. The Labute approximate surface area is 170 Å². The smallest absolute Gasteiger partial charge is 0.433 e. The quantitative estimate of drug-likeness (QED) is 0.540. The van der Waals surface area contributed by atoms with Crippen molar-refractivity contribution in [3.05, 3.63) is 60.6 Å². The third kappa shape index (κ3) is 5.02. The van der Waals surface area contributed by atoms with Gasteiger partial charge in [-0.05, 0) is 49.7 Å². The second kappa shape index (κ2) is 7.97. The fourth-order valence-electron chi connectivity index (χ4n) is 2.49. The average molecular weight is 417 g/mol. The molecule has 10 heteroatoms. The van der Waals surface area contributed by atoms with Crippen molar-refractivity contribution >= 4 is 23.4 Å². The number of benzene rings is 1. The van der Waals surface area contributed by atoms with Crippen LogP contribution in [0.4, 0.5) is 30.6 Å². The summed E-state index contributed by atoms with van der Waals surface area (Å²) in [6, 6.07) is 11.1. The SMILES string of the molecule is CC(C)(Nc1ccc(-c2cccc(Nc3nccc(C(F)(F)F)n3)c2)cn1)C(=O)O. The molecule has 0 saturated carbocycles. The van der Waals surface area contributed by atoms with Crippen molar-refractivity contribution in [2.24, 2.45) is 0 Å². The molecule has 0 bridgehead atoms. The number of carboxylic acids is 1. The minimum absolute atomic E-state index is 0.171. The van der Waals surface area contributed by atoms with Gasteiger partial charge in [0.05, 0.1) is 0 Å². The lowest BCUT2D eigenvalue weighted by Gasteiger charge is -2.21. The van der Waals surface area contributed by atoms with Crippen molar-refractivity contribution in [1.82, 2.24) is 15.0 Å². The summed E-state index contributed by atoms with van der Waals surface area (Å²) < 4.78 is 38.4. The van der Waals surface area contributed by atoms with Gasteiger partial charge in [0.1, 0.15) is 17.1 Å². The molecule has 2 heterocycles. The number of carboxylic acid groups (broad SMARTS) is 1. The van der Waals surface area contributed by atoms with Gasteiger partial charge in [0, 0.05) is 23.6 Å². The van der Waals surface area contributed by atoms with E-state index in [1.165, 1.54) is 13.8 Å². The van der Waals surface area contributed by atoms with E-state index >= 15 is 0 Å². The van der Waals surface area contributed by atoms with E-state index in [-0.39, 0.29) is 5.95 Å². The summed E-state index contributed by atoms with van der Waals surface area (Å²) in [5.74, 6) is -0.780. The van der Waals surface area contributed by atoms with Gasteiger partial charge in [-0.2, -0.15) is 13.2 Å². The average Bonchev–Trinajstić information content (AvgIpc) is 2.68. The molecule has 7 nitrogen and oxygen atoms in total. The molecule has 0 aliphatic rings. The van der Waals surface area contributed by atoms with Crippen LogP contribution in [-0.2, 0) is 11.0 Å². The van der Waals surface area contributed by atoms with Gasteiger partial charge in [0.25, 0.3) is 0 Å². The monoisotopic (exact) mass is 417 g/mol. The molecular weight excluding hydrogens is 399 g/mol. The third-order valence-electron chi connectivity index (χ3n) is 4.14. The number of pyridine rings is 1. The molecule has 0 amide bonds. The van der Waals surface area contributed by atoms with Crippen LogP contribution in [0.2, 0.25) is 0 Å². The predicted molar refractivity (Wildman–Crippen MR) is 105 cm³/mol. The second-order valence-electron chi connectivity index (χ2n) is 6.96. The molecule has 0 saturated heterocycles. The Hall–Kier alpha value is -3.69. The molecule has 0 spiro atoms. The van der Waals surface area contributed by atoms with Crippen LogP contribution in [0.5, 0.6) is 0 Å². The maximum Gasteiger partial charge on any atom is 0.433 e. The maximum atomic E-state index is 12.8. The Morgan fingerprint density at radius 3 is 2.43 bits per heavy atom. The first-order chi connectivity index (χ1) is 14.0. The van der Waals surface area contributed by atoms with Gasteiger partial charge in [-0.15, -0.1) is 0 Å². The molecule has 0 aliphatic heterocycles. The van der Waals surface area contributed by atoms with Crippen LogP contribution in [0.1, 0.15) is 19.5 Å². The van der Waals surface area contributed by atoms with Gasteiger partial charge < -0.3 is 15.7 Å². The number of nitrogens with one attached hydrogen (secondary N) is 2. The number of alkyl halides is 3. The normalized spacial score (nSPS) is 11.8. The number of aromatic nitrogens is 3. The topological polar surface area (TPSA) is 100 Å². The van der Waals surface area contributed by atoms with E-state index in [0.29, 0.717) is 11.5 Å². The van der Waals surface area contributed by atoms with E-state index < -0.39 is 23.4 Å². The summed E-state index contributed by atoms with van der Waals surface area (Å²) in [6.07, 6.45) is -1.95. The zero-order valence-corrected chi connectivity index (χ0v) is 16.0. The van der Waals surface area contributed by atoms with Crippen molar-refractivity contribution in [2.45, 2.75) is 25.6 Å². The van der Waals surface area contributed by atoms with Crippen LogP contribution in [0, 0.1) is 0 Å². The van der Waals surface area contributed by atoms with Crippen LogP contribution < -0.4 is 10.6 Å². The van der Waals surface area contributed by atoms with Crippen LogP contribution in [-0.4, -0.2) is 31.6 Å². The highest BCUT2D eigenvalue weighted by molar-refractivity contribution is 5.81. The van der Waals surface area contributed by atoms with Crippen molar-refractivity contribution < 1.29 is 23.1 Å². The molecule has 0 radical (unpaired) electrons. The fraction of sp³-hybridized carbons (Fsp3) is 0.200. The van der Waals surface area contributed by atoms with Crippen molar-refractivity contribution in [3.63, 3.8) is 0 Å². The Bertz CT molecular complexity index is 1050. The highest BCUT2D eigenvalue weighted by atomic mass is 19.4. The molecule has 1 aromatic carbocycles. The minimum atomic E-state index is -4.56. The number of nitrogens with zero attached hydrogens (tertiary/aromatic N) is 3. The van der Waals surface area contributed by atoms with Gasteiger partial charge in [-0.1, -0.05) is 12.1 Å². The van der Waals surface area contributed by atoms with E-state index in [1.807, 2.05) is 6.07 Å². The molecular formula is C20H18F3N5O2. The molecule has 3 aromatic rings. The van der Waals surface area contributed by atoms with Gasteiger partial charge >= 0.3 is 12.1 Å². The lowest BCUT2D eigenvalue weighted by Crippen LogP contribution is -2.40. The number of halogens is 3. The van der Waals surface area contributed by atoms with Gasteiger partial charge in [0.15, 0.2) is 0 Å². The van der Waals surface area contributed by atoms with Crippen molar-refractivity contribution in [2.75, 3.05) is 10.6 Å². The molecule has 156 valence electrons. The molecule has 0 atom stereocenters. The zero-order valence-electron chi connectivity index (χ0n) is 16.0. The Morgan fingerprint density at radius 2 is 1.80 bits per heavy atom. The molecule has 0 unspecified atom stereocenters. The number of rotatable bonds is 6. The highest BCUT2D eigenvalue weighted by Gasteiger charge is 2.32. The molecule has 30 heavy (non-hydrogen) atoms. The van der Waals surface area contributed by atoms with Gasteiger partial charge in [-0.3, -0.25) is 0 Å². The van der Waals surface area contributed by atoms with Crippen molar-refractivity contribution in [1.29, 1.82) is 0 Å². The standard InChI is InChI=1S/C20H18F3N5O2/c1-19(2,17(29)30)28-16-7-6-13(11-25-16)12-4-3-5-14(10-12)26-18-24-9-8-15(27-18)20(21,22)23/h3-11H,1-2H3,(H,25,28)(H,29,30)(H,24,26,27). The Kier molecular flexibility index (Phi) is 5.59. The number of hydrogen-bond donors (Lipinski definition) is 3. The van der Waals surface area contributed by atoms with Crippen LogP contribution >= 0.6 is 0 Å².